The molecule has 2 aromatic heterocycles. The topological polar surface area (TPSA) is 75.9 Å². The first-order valence-corrected chi connectivity index (χ1v) is 9.62. The summed E-state index contributed by atoms with van der Waals surface area (Å²) in [6, 6.07) is 5.35. The van der Waals surface area contributed by atoms with Crippen molar-refractivity contribution in [2.45, 2.75) is 46.0 Å². The zero-order valence-corrected chi connectivity index (χ0v) is 16.9. The van der Waals surface area contributed by atoms with Crippen molar-refractivity contribution in [2.24, 2.45) is 0 Å². The zero-order chi connectivity index (χ0) is 23.5. The van der Waals surface area contributed by atoms with Gasteiger partial charge in [0.05, 0.1) is 23.9 Å². The number of hydrogen-bond donors (Lipinski definition) is 2. The van der Waals surface area contributed by atoms with Gasteiger partial charge in [-0.15, -0.1) is 0 Å². The first-order valence-electron chi connectivity index (χ1n) is 9.62. The minimum absolute atomic E-state index is 0. The number of ether oxygens (including phenoxy) is 1. The molecule has 1 unspecified atom stereocenters. The molecule has 0 aliphatic rings. The van der Waals surface area contributed by atoms with Gasteiger partial charge in [-0.25, -0.2) is 13.8 Å². The van der Waals surface area contributed by atoms with Crippen molar-refractivity contribution < 1.29 is 36.6 Å². The highest BCUT2D eigenvalue weighted by atomic mass is 19.4. The molecule has 0 aliphatic carbocycles. The first-order chi connectivity index (χ1) is 15.1. The number of halogens is 5. The second-order valence-corrected chi connectivity index (χ2v) is 7.11. The quantitative estimate of drug-likeness (QED) is 0.470. The summed E-state index contributed by atoms with van der Waals surface area (Å²) in [5.74, 6) is -2.13. The molecule has 180 valence electrons. The van der Waals surface area contributed by atoms with Crippen LogP contribution in [0.25, 0.3) is 5.65 Å². The van der Waals surface area contributed by atoms with Gasteiger partial charge in [-0.1, -0.05) is 13.5 Å². The Hall–Kier alpha value is -3.21. The van der Waals surface area contributed by atoms with E-state index in [9.17, 15) is 31.9 Å². The number of aliphatic hydroxyl groups is 1. The maximum atomic E-state index is 13.8. The molecule has 11 heteroatoms. The molecule has 2 N–H and O–H groups in total. The van der Waals surface area contributed by atoms with E-state index in [1.54, 1.807) is 0 Å². The third-order valence-corrected chi connectivity index (χ3v) is 4.77. The van der Waals surface area contributed by atoms with Crippen LogP contribution in [0.1, 0.15) is 42.0 Å². The Bertz CT molecular complexity index is 1090. The highest BCUT2D eigenvalue weighted by Gasteiger charge is 2.29. The summed E-state index contributed by atoms with van der Waals surface area (Å²) in [4.78, 5) is 17.0. The number of amides is 1. The lowest BCUT2D eigenvalue weighted by Crippen LogP contribution is -2.39. The molecule has 0 aliphatic heterocycles. The number of alkyl halides is 3. The van der Waals surface area contributed by atoms with Gasteiger partial charge < -0.3 is 15.2 Å². The molecule has 0 spiro atoms. The van der Waals surface area contributed by atoms with E-state index in [1.807, 2.05) is 0 Å². The molecule has 0 bridgehead atoms. The fraction of sp³-hybridized carbons (Fsp3) is 0.364. The van der Waals surface area contributed by atoms with Crippen LogP contribution in [0.3, 0.4) is 0 Å². The highest BCUT2D eigenvalue weighted by molar-refractivity contribution is 5.95. The van der Waals surface area contributed by atoms with Crippen molar-refractivity contribution in [3.05, 3.63) is 65.1 Å². The van der Waals surface area contributed by atoms with Gasteiger partial charge >= 0.3 is 6.18 Å². The average Bonchev–Trinajstić information content (AvgIpc) is 3.06. The number of fused-ring (bicyclic) bond motifs is 1. The van der Waals surface area contributed by atoms with E-state index in [-0.39, 0.29) is 35.8 Å². The van der Waals surface area contributed by atoms with Crippen LogP contribution in [0.5, 0.6) is 5.75 Å². The van der Waals surface area contributed by atoms with Crippen LogP contribution in [0.4, 0.5) is 22.0 Å². The van der Waals surface area contributed by atoms with E-state index in [4.69, 9.17) is 4.74 Å². The first kappa shape index (κ1) is 26.0. The second kappa shape index (κ2) is 10.6. The van der Waals surface area contributed by atoms with E-state index < -0.39 is 55.8 Å². The largest absolute Gasteiger partial charge is 0.485 e. The Morgan fingerprint density at radius 3 is 2.48 bits per heavy atom. The predicted molar refractivity (Wildman–Crippen MR) is 111 cm³/mol. The van der Waals surface area contributed by atoms with Crippen LogP contribution in [-0.4, -0.2) is 39.2 Å². The molecule has 33 heavy (non-hydrogen) atoms. The Morgan fingerprint density at radius 1 is 1.21 bits per heavy atom. The van der Waals surface area contributed by atoms with Gasteiger partial charge in [-0.05, 0) is 37.6 Å². The molecular weight excluding hydrogens is 449 g/mol. The summed E-state index contributed by atoms with van der Waals surface area (Å²) < 4.78 is 72.0. The minimum Gasteiger partial charge on any atom is -0.485 e. The number of carbonyl (C=O) groups is 1. The number of aliphatic hydroxyl groups excluding tert-OH is 1. The van der Waals surface area contributed by atoms with Gasteiger partial charge in [-0.2, -0.15) is 13.2 Å². The fourth-order valence-corrected chi connectivity index (χ4v) is 3.16. The van der Waals surface area contributed by atoms with Gasteiger partial charge in [0.25, 0.3) is 5.91 Å². The summed E-state index contributed by atoms with van der Waals surface area (Å²) in [5.41, 5.74) is 0.199. The van der Waals surface area contributed by atoms with Gasteiger partial charge in [-0.3, -0.25) is 9.20 Å². The highest BCUT2D eigenvalue weighted by Crippen LogP contribution is 2.25. The Morgan fingerprint density at radius 2 is 1.88 bits per heavy atom. The maximum Gasteiger partial charge on any atom is 0.389 e. The number of imidazole rings is 1. The third-order valence-electron chi connectivity index (χ3n) is 4.77. The number of rotatable bonds is 8. The normalized spacial score (nSPS) is 12.3. The number of nitrogens with one attached hydrogen (secondary N) is 1. The van der Waals surface area contributed by atoms with Gasteiger partial charge in [0.2, 0.25) is 0 Å². The number of carbonyl (C=O) groups excluding carboxylic acids is 1. The van der Waals surface area contributed by atoms with E-state index in [0.29, 0.717) is 0 Å². The van der Waals surface area contributed by atoms with Gasteiger partial charge in [0.1, 0.15) is 23.9 Å². The molecular formula is C22H24F5N3O3. The zero-order valence-electron chi connectivity index (χ0n) is 16.9. The number of nitrogens with zero attached hydrogens (tertiary/aromatic N) is 2. The van der Waals surface area contributed by atoms with Crippen molar-refractivity contribution in [3.63, 3.8) is 0 Å². The van der Waals surface area contributed by atoms with Crippen LogP contribution < -0.4 is 10.1 Å². The summed E-state index contributed by atoms with van der Waals surface area (Å²) in [6.45, 7) is 0.432. The minimum atomic E-state index is -4.42. The van der Waals surface area contributed by atoms with Crippen molar-refractivity contribution >= 4 is 11.6 Å². The molecule has 0 fully saturated rings. The molecule has 1 atom stereocenters. The van der Waals surface area contributed by atoms with Crippen LogP contribution >= 0.6 is 0 Å². The fourth-order valence-electron chi connectivity index (χ4n) is 3.16. The number of aromatic nitrogens is 2. The Balaban J connectivity index is 0.00000385. The molecule has 1 amide bonds. The molecule has 6 nitrogen and oxygen atoms in total. The van der Waals surface area contributed by atoms with Crippen LogP contribution in [0, 0.1) is 18.6 Å². The molecule has 3 rings (SSSR count). The second-order valence-electron chi connectivity index (χ2n) is 7.11. The van der Waals surface area contributed by atoms with Crippen LogP contribution in [-0.2, 0) is 6.61 Å². The molecule has 0 radical (unpaired) electrons. The van der Waals surface area contributed by atoms with Crippen LogP contribution in [0.15, 0.2) is 36.5 Å². The number of benzene rings is 1. The number of aryl methyl sites for hydroxylation is 1. The molecule has 2 heterocycles. The molecule has 0 saturated carbocycles. The van der Waals surface area contributed by atoms with Crippen LogP contribution in [0.2, 0.25) is 0 Å². The maximum absolute atomic E-state index is 13.8. The van der Waals surface area contributed by atoms with Gasteiger partial charge in [0.15, 0.2) is 11.4 Å². The van der Waals surface area contributed by atoms with Crippen molar-refractivity contribution in [1.82, 2.24) is 14.7 Å². The van der Waals surface area contributed by atoms with E-state index in [0.717, 1.165) is 12.1 Å². The summed E-state index contributed by atoms with van der Waals surface area (Å²) in [6.07, 6.45) is -4.56. The van der Waals surface area contributed by atoms with E-state index >= 15 is 0 Å². The van der Waals surface area contributed by atoms with Crippen molar-refractivity contribution in [2.75, 3.05) is 6.61 Å². The summed E-state index contributed by atoms with van der Waals surface area (Å²) in [7, 11) is 0. The third kappa shape index (κ3) is 6.19. The van der Waals surface area contributed by atoms with Crippen molar-refractivity contribution in [3.8, 4) is 5.75 Å². The monoisotopic (exact) mass is 473 g/mol. The average molecular weight is 473 g/mol. The number of pyridine rings is 1. The lowest BCUT2D eigenvalue weighted by atomic mass is 10.1. The van der Waals surface area contributed by atoms with E-state index in [2.05, 4.69) is 10.3 Å². The lowest BCUT2D eigenvalue weighted by Gasteiger charge is -2.17. The molecule has 3 aromatic rings. The standard InChI is InChI=1S/C21H20F5N3O3.CH4/c1-12-18(20(31)28-13(10-30)7-8-21(24,25)26)29-9-3-6-17(19(29)27-12)32-11-14-15(22)4-2-5-16(14)23;/h2-6,9,13,30H,7-8,10-11H2,1H3,(H,28,31);1H4. The summed E-state index contributed by atoms with van der Waals surface area (Å²) in [5, 5.41) is 11.7. The SMILES string of the molecule is C.Cc1nc2c(OCc3c(F)cccc3F)cccn2c1C(=O)NC(CO)CCC(F)(F)F. The van der Waals surface area contributed by atoms with Gasteiger partial charge in [0, 0.05) is 12.6 Å². The Labute approximate surface area is 187 Å². The smallest absolute Gasteiger partial charge is 0.389 e. The summed E-state index contributed by atoms with van der Waals surface area (Å²) >= 11 is 0. The van der Waals surface area contributed by atoms with E-state index in [1.165, 1.54) is 35.7 Å². The molecule has 1 aromatic carbocycles. The number of hydrogen-bond acceptors (Lipinski definition) is 4. The molecule has 0 saturated heterocycles. The van der Waals surface area contributed by atoms with Crippen molar-refractivity contribution in [1.29, 1.82) is 0 Å². The Kier molecular flexibility index (Phi) is 8.37. The predicted octanol–water partition coefficient (Wildman–Crippen LogP) is 4.57. The lowest BCUT2D eigenvalue weighted by molar-refractivity contribution is -0.137.